The molecule has 0 saturated heterocycles. The minimum absolute atomic E-state index is 0.933. The van der Waals surface area contributed by atoms with Gasteiger partial charge in [0, 0.05) is 19.6 Å². The lowest BCUT2D eigenvalue weighted by Gasteiger charge is -2.28. The third-order valence-corrected chi connectivity index (χ3v) is 3.80. The van der Waals surface area contributed by atoms with Crippen LogP contribution in [0.2, 0.25) is 0 Å². The summed E-state index contributed by atoms with van der Waals surface area (Å²) < 4.78 is 0.933. The molecule has 1 aromatic heterocycles. The molecule has 0 spiro atoms. The Bertz CT molecular complexity index is 539. The van der Waals surface area contributed by atoms with E-state index in [0.717, 1.165) is 30.7 Å². The van der Waals surface area contributed by atoms with Crippen molar-refractivity contribution >= 4 is 15.9 Å². The number of halogens is 1. The second-order valence-electron chi connectivity index (χ2n) is 4.69. The van der Waals surface area contributed by atoms with Crippen LogP contribution in [0.1, 0.15) is 16.8 Å². The van der Waals surface area contributed by atoms with Gasteiger partial charge in [-0.05, 0) is 39.5 Å². The Hall–Kier alpha value is -1.19. The average molecular weight is 303 g/mol. The van der Waals surface area contributed by atoms with Gasteiger partial charge in [-0.15, -0.1) is 0 Å². The summed E-state index contributed by atoms with van der Waals surface area (Å²) in [6.07, 6.45) is 1.10. The van der Waals surface area contributed by atoms with E-state index in [2.05, 4.69) is 62.2 Å². The highest BCUT2D eigenvalue weighted by Crippen LogP contribution is 2.20. The van der Waals surface area contributed by atoms with Crippen LogP contribution in [0.3, 0.4) is 0 Å². The molecule has 0 fully saturated rings. The Morgan fingerprint density at radius 3 is 2.78 bits per heavy atom. The van der Waals surface area contributed by atoms with Gasteiger partial charge in [-0.1, -0.05) is 36.4 Å². The van der Waals surface area contributed by atoms with E-state index in [1.807, 2.05) is 6.07 Å². The van der Waals surface area contributed by atoms with E-state index in [9.17, 15) is 0 Å². The van der Waals surface area contributed by atoms with Gasteiger partial charge in [-0.2, -0.15) is 0 Å². The largest absolute Gasteiger partial charge is 0.293 e. The first-order valence-electron chi connectivity index (χ1n) is 6.22. The molecule has 18 heavy (non-hydrogen) atoms. The van der Waals surface area contributed by atoms with Crippen LogP contribution < -0.4 is 0 Å². The molecule has 0 aliphatic carbocycles. The van der Waals surface area contributed by atoms with E-state index in [1.165, 1.54) is 16.8 Å². The molecule has 1 aromatic carbocycles. The molecule has 0 unspecified atom stereocenters. The summed E-state index contributed by atoms with van der Waals surface area (Å²) in [5, 5.41) is 0. The van der Waals surface area contributed by atoms with Gasteiger partial charge in [0.25, 0.3) is 0 Å². The van der Waals surface area contributed by atoms with Crippen LogP contribution in [0.4, 0.5) is 0 Å². The van der Waals surface area contributed by atoms with Crippen molar-refractivity contribution in [2.75, 3.05) is 6.54 Å². The number of fused-ring (bicyclic) bond motifs is 1. The van der Waals surface area contributed by atoms with Crippen LogP contribution >= 0.6 is 15.9 Å². The quantitative estimate of drug-likeness (QED) is 0.791. The average Bonchev–Trinajstić information content (AvgIpc) is 2.39. The summed E-state index contributed by atoms with van der Waals surface area (Å²) in [6, 6.07) is 14.9. The van der Waals surface area contributed by atoms with Gasteiger partial charge in [0.05, 0.1) is 5.69 Å². The summed E-state index contributed by atoms with van der Waals surface area (Å²) in [5.41, 5.74) is 3.98. The summed E-state index contributed by atoms with van der Waals surface area (Å²) in [4.78, 5) is 7.04. The zero-order valence-electron chi connectivity index (χ0n) is 10.1. The van der Waals surface area contributed by atoms with E-state index in [0.29, 0.717) is 0 Å². The summed E-state index contributed by atoms with van der Waals surface area (Å²) in [5.74, 6) is 0. The maximum Gasteiger partial charge on any atom is 0.106 e. The number of nitrogens with zero attached hydrogens (tertiary/aromatic N) is 2. The molecular formula is C15H15BrN2. The Balaban J connectivity index is 1.75. The van der Waals surface area contributed by atoms with Crippen LogP contribution in [-0.2, 0) is 19.5 Å². The maximum absolute atomic E-state index is 4.58. The molecule has 2 heterocycles. The molecule has 0 radical (unpaired) electrons. The summed E-state index contributed by atoms with van der Waals surface area (Å²) >= 11 is 3.45. The standard InChI is InChI=1S/C15H15BrN2/c16-15-7-6-13-8-9-18(11-14(13)17-15)10-12-4-2-1-3-5-12/h1-7H,8-11H2. The van der Waals surface area contributed by atoms with E-state index in [-0.39, 0.29) is 0 Å². The molecule has 1 aliphatic rings. The van der Waals surface area contributed by atoms with E-state index in [1.54, 1.807) is 0 Å². The Morgan fingerprint density at radius 1 is 1.11 bits per heavy atom. The van der Waals surface area contributed by atoms with Crippen molar-refractivity contribution < 1.29 is 0 Å². The molecule has 1 aliphatic heterocycles. The minimum atomic E-state index is 0.933. The van der Waals surface area contributed by atoms with Crippen LogP contribution in [0, 0.1) is 0 Å². The first kappa shape index (κ1) is 11.9. The third-order valence-electron chi connectivity index (χ3n) is 3.35. The van der Waals surface area contributed by atoms with Crippen molar-refractivity contribution in [3.63, 3.8) is 0 Å². The topological polar surface area (TPSA) is 16.1 Å². The monoisotopic (exact) mass is 302 g/mol. The van der Waals surface area contributed by atoms with E-state index in [4.69, 9.17) is 0 Å². The SMILES string of the molecule is Brc1ccc2c(n1)CN(Cc1ccccc1)CC2. The fraction of sp³-hybridized carbons (Fsp3) is 0.267. The van der Waals surface area contributed by atoms with Crippen molar-refractivity contribution in [1.82, 2.24) is 9.88 Å². The van der Waals surface area contributed by atoms with Crippen LogP contribution in [0.25, 0.3) is 0 Å². The second kappa shape index (κ2) is 5.21. The number of aromatic nitrogens is 1. The van der Waals surface area contributed by atoms with Crippen LogP contribution in [-0.4, -0.2) is 16.4 Å². The first-order chi connectivity index (χ1) is 8.81. The number of pyridine rings is 1. The smallest absolute Gasteiger partial charge is 0.106 e. The van der Waals surface area contributed by atoms with Crippen LogP contribution in [0.5, 0.6) is 0 Å². The van der Waals surface area contributed by atoms with Gasteiger partial charge in [0.15, 0.2) is 0 Å². The van der Waals surface area contributed by atoms with Gasteiger partial charge in [-0.25, -0.2) is 4.98 Å². The first-order valence-corrected chi connectivity index (χ1v) is 7.01. The number of benzene rings is 1. The molecule has 0 N–H and O–H groups in total. The van der Waals surface area contributed by atoms with Crippen molar-refractivity contribution in [1.29, 1.82) is 0 Å². The lowest BCUT2D eigenvalue weighted by Crippen LogP contribution is -2.30. The molecule has 0 amide bonds. The van der Waals surface area contributed by atoms with Gasteiger partial charge in [0.2, 0.25) is 0 Å². The normalized spacial score (nSPS) is 15.4. The van der Waals surface area contributed by atoms with Gasteiger partial charge >= 0.3 is 0 Å². The summed E-state index contributed by atoms with van der Waals surface area (Å²) in [7, 11) is 0. The molecule has 3 heteroatoms. The van der Waals surface area contributed by atoms with Gasteiger partial charge in [-0.3, -0.25) is 4.90 Å². The number of hydrogen-bond acceptors (Lipinski definition) is 2. The Labute approximate surface area is 116 Å². The van der Waals surface area contributed by atoms with Crippen LogP contribution in [0.15, 0.2) is 47.1 Å². The molecule has 0 atom stereocenters. The fourth-order valence-corrected chi connectivity index (χ4v) is 2.76. The zero-order chi connectivity index (χ0) is 12.4. The molecule has 2 aromatic rings. The lowest BCUT2D eigenvalue weighted by atomic mass is 10.0. The number of hydrogen-bond donors (Lipinski definition) is 0. The maximum atomic E-state index is 4.58. The van der Waals surface area contributed by atoms with Gasteiger partial charge in [0.1, 0.15) is 4.60 Å². The summed E-state index contributed by atoms with van der Waals surface area (Å²) in [6.45, 7) is 3.07. The lowest BCUT2D eigenvalue weighted by molar-refractivity contribution is 0.241. The number of rotatable bonds is 2. The van der Waals surface area contributed by atoms with Crippen molar-refractivity contribution in [3.8, 4) is 0 Å². The molecule has 0 bridgehead atoms. The predicted molar refractivity (Wildman–Crippen MR) is 76.2 cm³/mol. The highest BCUT2D eigenvalue weighted by molar-refractivity contribution is 9.10. The molecule has 3 rings (SSSR count). The highest BCUT2D eigenvalue weighted by Gasteiger charge is 2.17. The third kappa shape index (κ3) is 2.62. The van der Waals surface area contributed by atoms with Crippen molar-refractivity contribution in [3.05, 3.63) is 63.9 Å². The zero-order valence-corrected chi connectivity index (χ0v) is 11.7. The molecular weight excluding hydrogens is 288 g/mol. The van der Waals surface area contributed by atoms with E-state index >= 15 is 0 Å². The minimum Gasteiger partial charge on any atom is -0.293 e. The molecule has 2 nitrogen and oxygen atoms in total. The molecule has 92 valence electrons. The van der Waals surface area contributed by atoms with Crippen molar-refractivity contribution in [2.45, 2.75) is 19.5 Å². The van der Waals surface area contributed by atoms with Crippen molar-refractivity contribution in [2.24, 2.45) is 0 Å². The predicted octanol–water partition coefficient (Wildman–Crippen LogP) is 3.40. The fourth-order valence-electron chi connectivity index (χ4n) is 2.41. The Morgan fingerprint density at radius 2 is 1.94 bits per heavy atom. The second-order valence-corrected chi connectivity index (χ2v) is 5.50. The van der Waals surface area contributed by atoms with E-state index < -0.39 is 0 Å². The van der Waals surface area contributed by atoms with Gasteiger partial charge < -0.3 is 0 Å². The molecule has 0 saturated carbocycles. The highest BCUT2D eigenvalue weighted by atomic mass is 79.9. The Kier molecular flexibility index (Phi) is 3.43.